The van der Waals surface area contributed by atoms with Gasteiger partial charge in [-0.1, -0.05) is 13.0 Å². The molecule has 0 amide bonds. The molecule has 1 aliphatic heterocycles. The lowest BCUT2D eigenvalue weighted by Gasteiger charge is -2.29. The summed E-state index contributed by atoms with van der Waals surface area (Å²) in [6.45, 7) is 5.98. The Morgan fingerprint density at radius 1 is 1.22 bits per heavy atom. The highest BCUT2D eigenvalue weighted by Crippen LogP contribution is 2.46. The van der Waals surface area contributed by atoms with Gasteiger partial charge in [-0.3, -0.25) is 0 Å². The Hall–Kier alpha value is -3.09. The minimum absolute atomic E-state index is 0.296. The fourth-order valence-electron chi connectivity index (χ4n) is 3.35. The first-order valence-electron chi connectivity index (χ1n) is 8.65. The molecule has 5 nitrogen and oxygen atoms in total. The summed E-state index contributed by atoms with van der Waals surface area (Å²) >= 11 is 1.58. The van der Waals surface area contributed by atoms with Gasteiger partial charge in [-0.15, -0.1) is 11.3 Å². The molecular formula is C21H20N4OS. The van der Waals surface area contributed by atoms with Crippen LogP contribution in [0, 0.1) is 22.7 Å². The molecule has 0 radical (unpaired) electrons. The second-order valence-electron chi connectivity index (χ2n) is 6.31. The topological polar surface area (TPSA) is 81.7 Å². The van der Waals surface area contributed by atoms with Crippen molar-refractivity contribution in [2.45, 2.75) is 33.1 Å². The lowest BCUT2D eigenvalue weighted by molar-refractivity contribution is 0.409. The quantitative estimate of drug-likeness (QED) is 0.849. The minimum atomic E-state index is -0.296. The third kappa shape index (κ3) is 3.32. The molecule has 0 bridgehead atoms. The van der Waals surface area contributed by atoms with Crippen molar-refractivity contribution in [3.05, 3.63) is 62.4 Å². The number of dihydropyridines is 1. The van der Waals surface area contributed by atoms with Gasteiger partial charge in [-0.2, -0.15) is 10.5 Å². The molecule has 0 saturated carbocycles. The molecule has 0 saturated heterocycles. The zero-order valence-electron chi connectivity index (χ0n) is 15.8. The van der Waals surface area contributed by atoms with Crippen molar-refractivity contribution in [2.24, 2.45) is 0 Å². The highest BCUT2D eigenvalue weighted by molar-refractivity contribution is 7.10. The van der Waals surface area contributed by atoms with Crippen LogP contribution >= 0.6 is 11.3 Å². The summed E-state index contributed by atoms with van der Waals surface area (Å²) in [6.07, 6.45) is 0.862. The Balaban J connectivity index is 2.25. The summed E-state index contributed by atoms with van der Waals surface area (Å²) in [4.78, 5) is 4.76. The average Bonchev–Trinajstić information content (AvgIpc) is 3.15. The fourth-order valence-corrected chi connectivity index (χ4v) is 4.38. The van der Waals surface area contributed by atoms with Crippen LogP contribution in [0.3, 0.4) is 0 Å². The summed E-state index contributed by atoms with van der Waals surface area (Å²) in [7, 11) is 1.58. The SMILES string of the molecule is CCc1csc(C2=C(C)NC(C)=C(C#N)C2c2ccc(C#N)cc2OC)n1. The standard InChI is InChI=1S/C21H20N4OS/c1-5-15-11-27-21(25-15)19-13(3)24-12(2)17(10-23)20(19)16-7-6-14(9-22)8-18(16)26-4/h6-8,11,20,24H,5H2,1-4H3. The molecule has 3 rings (SSSR count). The number of thiazole rings is 1. The maximum atomic E-state index is 9.88. The predicted octanol–water partition coefficient (Wildman–Crippen LogP) is 4.50. The van der Waals surface area contributed by atoms with Gasteiger partial charge in [-0.05, 0) is 32.4 Å². The molecule has 0 spiro atoms. The molecule has 27 heavy (non-hydrogen) atoms. The number of hydrogen-bond donors (Lipinski definition) is 1. The molecule has 6 heteroatoms. The second kappa shape index (κ2) is 7.65. The molecule has 0 aliphatic carbocycles. The first kappa shape index (κ1) is 18.7. The molecule has 1 N–H and O–H groups in total. The van der Waals surface area contributed by atoms with E-state index < -0.39 is 0 Å². The van der Waals surface area contributed by atoms with Gasteiger partial charge in [-0.25, -0.2) is 4.98 Å². The number of allylic oxidation sites excluding steroid dienone is 4. The molecule has 1 aromatic carbocycles. The van der Waals surface area contributed by atoms with Gasteiger partial charge in [0.05, 0.1) is 42.0 Å². The van der Waals surface area contributed by atoms with Gasteiger partial charge in [0.15, 0.2) is 0 Å². The second-order valence-corrected chi connectivity index (χ2v) is 7.17. The van der Waals surface area contributed by atoms with Crippen LogP contribution in [0.1, 0.15) is 48.5 Å². The number of rotatable bonds is 4. The van der Waals surface area contributed by atoms with E-state index >= 15 is 0 Å². The van der Waals surface area contributed by atoms with Crippen molar-refractivity contribution in [1.29, 1.82) is 10.5 Å². The summed E-state index contributed by atoms with van der Waals surface area (Å²) in [6, 6.07) is 9.85. The Bertz CT molecular complexity index is 1030. The van der Waals surface area contributed by atoms with E-state index in [1.807, 2.05) is 19.9 Å². The number of hydrogen-bond acceptors (Lipinski definition) is 6. The Kier molecular flexibility index (Phi) is 5.30. The highest BCUT2D eigenvalue weighted by atomic mass is 32.1. The van der Waals surface area contributed by atoms with Crippen molar-refractivity contribution in [3.63, 3.8) is 0 Å². The summed E-state index contributed by atoms with van der Waals surface area (Å²) in [5, 5.41) is 25.4. The smallest absolute Gasteiger partial charge is 0.124 e. The Labute approximate surface area is 163 Å². The van der Waals surface area contributed by atoms with E-state index in [0.717, 1.165) is 39.7 Å². The first-order chi connectivity index (χ1) is 13.0. The van der Waals surface area contributed by atoms with E-state index in [9.17, 15) is 10.5 Å². The number of aromatic nitrogens is 1. The van der Waals surface area contributed by atoms with Crippen LogP contribution < -0.4 is 10.1 Å². The van der Waals surface area contributed by atoms with Gasteiger partial charge in [0.2, 0.25) is 0 Å². The van der Waals surface area contributed by atoms with Gasteiger partial charge in [0.25, 0.3) is 0 Å². The monoisotopic (exact) mass is 376 g/mol. The molecule has 1 atom stereocenters. The van der Waals surface area contributed by atoms with Crippen LogP contribution in [0.15, 0.2) is 40.5 Å². The number of aryl methyl sites for hydroxylation is 1. The van der Waals surface area contributed by atoms with Crippen LogP contribution in [-0.2, 0) is 6.42 Å². The number of benzene rings is 1. The zero-order valence-corrected chi connectivity index (χ0v) is 16.6. The van der Waals surface area contributed by atoms with E-state index in [1.165, 1.54) is 0 Å². The van der Waals surface area contributed by atoms with Gasteiger partial charge in [0, 0.05) is 27.9 Å². The number of methoxy groups -OCH3 is 1. The molecular weight excluding hydrogens is 356 g/mol. The third-order valence-corrected chi connectivity index (χ3v) is 5.62. The predicted molar refractivity (Wildman–Crippen MR) is 106 cm³/mol. The largest absolute Gasteiger partial charge is 0.496 e. The highest BCUT2D eigenvalue weighted by Gasteiger charge is 2.33. The summed E-state index contributed by atoms with van der Waals surface area (Å²) in [5.74, 6) is 0.300. The number of ether oxygens (including phenoxy) is 1. The number of nitriles is 2. The lowest BCUT2D eigenvalue weighted by Crippen LogP contribution is -2.23. The molecule has 2 heterocycles. The first-order valence-corrected chi connectivity index (χ1v) is 9.53. The van der Waals surface area contributed by atoms with E-state index in [-0.39, 0.29) is 5.92 Å². The minimum Gasteiger partial charge on any atom is -0.496 e. The Morgan fingerprint density at radius 3 is 2.59 bits per heavy atom. The molecule has 0 fully saturated rings. The van der Waals surface area contributed by atoms with Crippen molar-refractivity contribution in [1.82, 2.24) is 10.3 Å². The van der Waals surface area contributed by atoms with E-state index in [1.54, 1.807) is 30.6 Å². The van der Waals surface area contributed by atoms with E-state index in [0.29, 0.717) is 16.9 Å². The van der Waals surface area contributed by atoms with Crippen molar-refractivity contribution >= 4 is 16.9 Å². The average molecular weight is 376 g/mol. The van der Waals surface area contributed by atoms with Crippen LogP contribution in [0.25, 0.3) is 5.57 Å². The molecule has 1 unspecified atom stereocenters. The lowest BCUT2D eigenvalue weighted by atomic mass is 9.80. The summed E-state index contributed by atoms with van der Waals surface area (Å²) in [5.41, 5.74) is 5.81. The zero-order chi connectivity index (χ0) is 19.6. The third-order valence-electron chi connectivity index (χ3n) is 4.70. The number of nitrogens with zero attached hydrogens (tertiary/aromatic N) is 3. The normalized spacial score (nSPS) is 16.6. The molecule has 1 aliphatic rings. The van der Waals surface area contributed by atoms with Crippen LogP contribution in [0.5, 0.6) is 5.75 Å². The van der Waals surface area contributed by atoms with Crippen molar-refractivity contribution in [2.75, 3.05) is 7.11 Å². The maximum absolute atomic E-state index is 9.88. The number of nitrogens with one attached hydrogen (secondary N) is 1. The van der Waals surface area contributed by atoms with Crippen LogP contribution in [0.4, 0.5) is 0 Å². The van der Waals surface area contributed by atoms with Crippen molar-refractivity contribution in [3.8, 4) is 17.9 Å². The van der Waals surface area contributed by atoms with E-state index in [4.69, 9.17) is 9.72 Å². The van der Waals surface area contributed by atoms with Crippen LogP contribution in [0.2, 0.25) is 0 Å². The maximum Gasteiger partial charge on any atom is 0.124 e. The molecule has 1 aromatic heterocycles. The van der Waals surface area contributed by atoms with Crippen molar-refractivity contribution < 1.29 is 4.74 Å². The molecule has 2 aromatic rings. The van der Waals surface area contributed by atoms with Gasteiger partial charge < -0.3 is 10.1 Å². The Morgan fingerprint density at radius 2 is 2.00 bits per heavy atom. The fraction of sp³-hybridized carbons (Fsp3) is 0.286. The van der Waals surface area contributed by atoms with Gasteiger partial charge >= 0.3 is 0 Å². The van der Waals surface area contributed by atoms with Gasteiger partial charge in [0.1, 0.15) is 10.8 Å². The van der Waals surface area contributed by atoms with Crippen LogP contribution in [-0.4, -0.2) is 12.1 Å². The van der Waals surface area contributed by atoms with E-state index in [2.05, 4.69) is 29.8 Å². The molecule has 136 valence electrons. The summed E-state index contributed by atoms with van der Waals surface area (Å²) < 4.78 is 5.57.